The summed E-state index contributed by atoms with van der Waals surface area (Å²) in [6.45, 7) is -0.0582. The van der Waals surface area contributed by atoms with Crippen molar-refractivity contribution in [3.63, 3.8) is 0 Å². The van der Waals surface area contributed by atoms with E-state index in [4.69, 9.17) is 13.9 Å². The van der Waals surface area contributed by atoms with Gasteiger partial charge in [0, 0.05) is 44.9 Å². The molecule has 0 fully saturated rings. The molecular weight excluding hydrogens is 577 g/mol. The zero-order chi connectivity index (χ0) is 30.9. The van der Waals surface area contributed by atoms with E-state index in [9.17, 15) is 0 Å². The maximum absolute atomic E-state index is 6.68. The lowest BCUT2D eigenvalue weighted by Gasteiger charge is -2.33. The third-order valence-corrected chi connectivity index (χ3v) is 9.37. The van der Waals surface area contributed by atoms with Crippen molar-refractivity contribution in [3.8, 4) is 34.1 Å². The molecule has 2 aliphatic rings. The van der Waals surface area contributed by atoms with Gasteiger partial charge in [-0.15, -0.1) is 0 Å². The number of benzene rings is 7. The fraction of sp³-hybridized carbons (Fsp3) is 0. The van der Waals surface area contributed by atoms with Crippen molar-refractivity contribution in [1.82, 2.24) is 0 Å². The van der Waals surface area contributed by atoms with Gasteiger partial charge in [0.2, 0.25) is 0 Å². The van der Waals surface area contributed by atoms with Gasteiger partial charge in [-0.3, -0.25) is 0 Å². The second-order valence-corrected chi connectivity index (χ2v) is 12.1. The molecule has 7 aromatic carbocycles. The van der Waals surface area contributed by atoms with Gasteiger partial charge >= 0.3 is 0 Å². The maximum atomic E-state index is 6.68. The molecule has 2 aliphatic heterocycles. The van der Waals surface area contributed by atoms with Crippen LogP contribution >= 0.6 is 0 Å². The number of para-hydroxylation sites is 3. The van der Waals surface area contributed by atoms with Gasteiger partial charge in [0.05, 0.1) is 0 Å². The van der Waals surface area contributed by atoms with Gasteiger partial charge in [0.25, 0.3) is 6.71 Å². The van der Waals surface area contributed by atoms with Crippen molar-refractivity contribution in [3.05, 3.63) is 158 Å². The van der Waals surface area contributed by atoms with Gasteiger partial charge in [-0.25, -0.2) is 0 Å². The summed E-state index contributed by atoms with van der Waals surface area (Å²) in [6, 6.07) is 54.6. The molecule has 220 valence electrons. The standard InChI is InChI=1S/C42H26BNO3/c1-4-12-27(13-5-1)31-18-10-19-34-42(31)47-37-21-11-20-36-41(37)43(34)35-26-39-33(25-40(35)45-36)32-23-22-30(24-38(32)46-39)44(28-14-6-2-7-15-28)29-16-8-3-9-17-29/h1-26H. The Balaban J connectivity index is 1.15. The van der Waals surface area contributed by atoms with Crippen molar-refractivity contribution in [2.75, 3.05) is 4.90 Å². The predicted octanol–water partition coefficient (Wildman–Crippen LogP) is 9.45. The van der Waals surface area contributed by atoms with Crippen LogP contribution in [0.15, 0.2) is 162 Å². The molecule has 1 aromatic heterocycles. The Bertz CT molecular complexity index is 2440. The normalized spacial score (nSPS) is 12.6. The van der Waals surface area contributed by atoms with Crippen molar-refractivity contribution in [2.45, 2.75) is 0 Å². The van der Waals surface area contributed by atoms with Gasteiger partial charge in [-0.2, -0.15) is 0 Å². The highest BCUT2D eigenvalue weighted by Gasteiger charge is 2.41. The molecule has 0 saturated heterocycles. The first-order valence-electron chi connectivity index (χ1n) is 15.9. The second-order valence-electron chi connectivity index (χ2n) is 12.1. The summed E-state index contributed by atoms with van der Waals surface area (Å²) in [6.07, 6.45) is 0. The molecule has 0 radical (unpaired) electrons. The van der Waals surface area contributed by atoms with Gasteiger partial charge in [0.15, 0.2) is 0 Å². The zero-order valence-electron chi connectivity index (χ0n) is 25.3. The molecule has 0 aliphatic carbocycles. The molecule has 8 aromatic rings. The van der Waals surface area contributed by atoms with Crippen LogP contribution in [-0.4, -0.2) is 6.71 Å². The predicted molar refractivity (Wildman–Crippen MR) is 192 cm³/mol. The highest BCUT2D eigenvalue weighted by molar-refractivity contribution is 6.98. The van der Waals surface area contributed by atoms with Crippen LogP contribution < -0.4 is 30.8 Å². The van der Waals surface area contributed by atoms with Crippen LogP contribution in [0.1, 0.15) is 0 Å². The third kappa shape index (κ3) is 4.03. The molecule has 0 atom stereocenters. The Morgan fingerprint density at radius 2 is 1.11 bits per heavy atom. The Hall–Kier alpha value is -6.20. The van der Waals surface area contributed by atoms with Crippen LogP contribution in [-0.2, 0) is 0 Å². The molecule has 5 heteroatoms. The van der Waals surface area contributed by atoms with E-state index < -0.39 is 0 Å². The molecule has 0 N–H and O–H groups in total. The number of fused-ring (bicyclic) bond motifs is 7. The van der Waals surface area contributed by atoms with Crippen molar-refractivity contribution < 1.29 is 13.9 Å². The molecule has 0 bridgehead atoms. The first-order valence-corrected chi connectivity index (χ1v) is 15.9. The number of nitrogens with zero attached hydrogens (tertiary/aromatic N) is 1. The number of anilines is 3. The van der Waals surface area contributed by atoms with Crippen LogP contribution in [0, 0.1) is 0 Å². The largest absolute Gasteiger partial charge is 0.458 e. The molecule has 3 heterocycles. The Morgan fingerprint density at radius 1 is 0.447 bits per heavy atom. The number of hydrogen-bond donors (Lipinski definition) is 0. The smallest absolute Gasteiger partial charge is 0.260 e. The minimum absolute atomic E-state index is 0.0582. The van der Waals surface area contributed by atoms with Crippen LogP contribution in [0.3, 0.4) is 0 Å². The Kier molecular flexibility index (Phi) is 5.63. The van der Waals surface area contributed by atoms with Crippen molar-refractivity contribution >= 4 is 62.1 Å². The molecular formula is C42H26BNO3. The summed E-state index contributed by atoms with van der Waals surface area (Å²) in [5, 5.41) is 2.08. The van der Waals surface area contributed by atoms with Gasteiger partial charge in [-0.05, 0) is 77.2 Å². The lowest BCUT2D eigenvalue weighted by molar-refractivity contribution is 0.465. The van der Waals surface area contributed by atoms with E-state index in [0.29, 0.717) is 0 Å². The number of ether oxygens (including phenoxy) is 2. The maximum Gasteiger partial charge on any atom is 0.260 e. The van der Waals surface area contributed by atoms with E-state index in [0.717, 1.165) is 89.5 Å². The highest BCUT2D eigenvalue weighted by Crippen LogP contribution is 2.42. The van der Waals surface area contributed by atoms with E-state index in [-0.39, 0.29) is 6.71 Å². The molecule has 4 nitrogen and oxygen atoms in total. The number of hydrogen-bond acceptors (Lipinski definition) is 4. The summed E-state index contributed by atoms with van der Waals surface area (Å²) in [5.41, 5.74) is 10.3. The lowest BCUT2D eigenvalue weighted by Crippen LogP contribution is -2.57. The molecule has 47 heavy (non-hydrogen) atoms. The summed E-state index contributed by atoms with van der Waals surface area (Å²) in [5.74, 6) is 3.38. The van der Waals surface area contributed by atoms with E-state index >= 15 is 0 Å². The van der Waals surface area contributed by atoms with Gasteiger partial charge in [0.1, 0.15) is 34.2 Å². The number of furan rings is 1. The molecule has 0 saturated carbocycles. The van der Waals surface area contributed by atoms with Crippen molar-refractivity contribution in [1.29, 1.82) is 0 Å². The zero-order valence-corrected chi connectivity index (χ0v) is 25.3. The first kappa shape index (κ1) is 26.1. The topological polar surface area (TPSA) is 34.8 Å². The van der Waals surface area contributed by atoms with Gasteiger partial charge in [-0.1, -0.05) is 91.0 Å². The van der Waals surface area contributed by atoms with E-state index in [2.05, 4.69) is 126 Å². The minimum atomic E-state index is -0.0582. The van der Waals surface area contributed by atoms with Crippen LogP contribution in [0.25, 0.3) is 33.1 Å². The lowest BCUT2D eigenvalue weighted by atomic mass is 9.34. The first-order chi connectivity index (χ1) is 23.3. The molecule has 10 rings (SSSR count). The highest BCUT2D eigenvalue weighted by atomic mass is 16.5. The Morgan fingerprint density at radius 3 is 1.85 bits per heavy atom. The molecule has 0 amide bonds. The Labute approximate surface area is 272 Å². The molecule has 0 spiro atoms. The van der Waals surface area contributed by atoms with E-state index in [1.807, 2.05) is 36.4 Å². The quantitative estimate of drug-likeness (QED) is 0.188. The summed E-state index contributed by atoms with van der Waals surface area (Å²) in [7, 11) is 0. The van der Waals surface area contributed by atoms with Crippen LogP contribution in [0.5, 0.6) is 23.0 Å². The SMILES string of the molecule is c1ccc(-c2cccc3c2Oc2cccc4c2B3c2cc3oc5cc(N(c6ccccc6)c6ccccc6)ccc5c3cc2O4)cc1. The van der Waals surface area contributed by atoms with Crippen LogP contribution in [0.2, 0.25) is 0 Å². The summed E-state index contributed by atoms with van der Waals surface area (Å²) >= 11 is 0. The van der Waals surface area contributed by atoms with Crippen LogP contribution in [0.4, 0.5) is 17.1 Å². The monoisotopic (exact) mass is 603 g/mol. The second kappa shape index (κ2) is 10.2. The van der Waals surface area contributed by atoms with E-state index in [1.54, 1.807) is 0 Å². The average molecular weight is 603 g/mol. The number of rotatable bonds is 4. The van der Waals surface area contributed by atoms with Crippen molar-refractivity contribution in [2.24, 2.45) is 0 Å². The van der Waals surface area contributed by atoms with E-state index in [1.165, 1.54) is 0 Å². The third-order valence-electron chi connectivity index (χ3n) is 9.37. The van der Waals surface area contributed by atoms with Gasteiger partial charge < -0.3 is 18.8 Å². The minimum Gasteiger partial charge on any atom is -0.458 e. The fourth-order valence-corrected chi connectivity index (χ4v) is 7.30. The fourth-order valence-electron chi connectivity index (χ4n) is 7.30. The summed E-state index contributed by atoms with van der Waals surface area (Å²) < 4.78 is 20.0. The summed E-state index contributed by atoms with van der Waals surface area (Å²) in [4.78, 5) is 2.25. The molecule has 0 unspecified atom stereocenters. The average Bonchev–Trinajstić information content (AvgIpc) is 3.48.